The van der Waals surface area contributed by atoms with Crippen LogP contribution in [0.25, 0.3) is 22.4 Å². The Hall–Kier alpha value is -3.07. The molecular weight excluding hydrogens is 442 g/mol. The molecule has 0 radical (unpaired) electrons. The summed E-state index contributed by atoms with van der Waals surface area (Å²) in [5.41, 5.74) is 0.927. The number of aromatic amines is 1. The van der Waals surface area contributed by atoms with E-state index in [1.54, 1.807) is 6.20 Å². The van der Waals surface area contributed by atoms with Crippen molar-refractivity contribution in [2.75, 3.05) is 18.0 Å². The van der Waals surface area contributed by atoms with Gasteiger partial charge in [0.05, 0.1) is 28.7 Å². The van der Waals surface area contributed by atoms with Crippen LogP contribution in [0.2, 0.25) is 0 Å². The van der Waals surface area contributed by atoms with Crippen LogP contribution in [0.3, 0.4) is 0 Å². The van der Waals surface area contributed by atoms with Crippen LogP contribution in [0.5, 0.6) is 0 Å². The van der Waals surface area contributed by atoms with E-state index < -0.39 is 23.0 Å². The van der Waals surface area contributed by atoms with Gasteiger partial charge in [0.15, 0.2) is 11.6 Å². The second-order valence-electron chi connectivity index (χ2n) is 9.66. The molecule has 0 amide bonds. The highest BCUT2D eigenvalue weighted by atomic mass is 19.2. The number of rotatable bonds is 5. The number of carboxylic acid groups (broad SMARTS) is 1. The average molecular weight is 471 g/mol. The molecule has 0 spiro atoms. The molecule has 0 unspecified atom stereocenters. The standard InChI is InChI=1S/C25H28F2N4O3/c1-25(24(32)33)8-4-16(5-9-25)34-17-6-10-31(11-7-17)22-3-2-15(14-28-22)23-29-20-12-18(26)19(27)13-21(20)30-23/h2-3,12-14,16-17H,4-11H2,1H3,(H,29,30)(H,32,33). The lowest BCUT2D eigenvalue weighted by Crippen LogP contribution is -2.41. The number of ether oxygens (including phenoxy) is 1. The first-order valence-electron chi connectivity index (χ1n) is 11.8. The number of hydrogen-bond donors (Lipinski definition) is 2. The predicted octanol–water partition coefficient (Wildman–Crippen LogP) is 4.92. The second-order valence-corrected chi connectivity index (χ2v) is 9.66. The highest BCUT2D eigenvalue weighted by Gasteiger charge is 2.38. The maximum absolute atomic E-state index is 13.5. The van der Waals surface area contributed by atoms with Crippen molar-refractivity contribution in [2.45, 2.75) is 57.7 Å². The van der Waals surface area contributed by atoms with Crippen molar-refractivity contribution in [3.63, 3.8) is 0 Å². The summed E-state index contributed by atoms with van der Waals surface area (Å²) in [7, 11) is 0. The van der Waals surface area contributed by atoms with Gasteiger partial charge in [-0.3, -0.25) is 4.79 Å². The third-order valence-corrected chi connectivity index (χ3v) is 7.25. The molecule has 3 aromatic rings. The van der Waals surface area contributed by atoms with Crippen LogP contribution in [0, 0.1) is 17.0 Å². The second kappa shape index (κ2) is 8.94. The number of aromatic nitrogens is 3. The zero-order chi connectivity index (χ0) is 23.9. The van der Waals surface area contributed by atoms with E-state index in [1.165, 1.54) is 0 Å². The molecule has 3 heterocycles. The number of piperidine rings is 1. The van der Waals surface area contributed by atoms with Crippen molar-refractivity contribution in [3.8, 4) is 11.4 Å². The summed E-state index contributed by atoms with van der Waals surface area (Å²) < 4.78 is 33.2. The molecule has 9 heteroatoms. The number of nitrogens with one attached hydrogen (secondary N) is 1. The third-order valence-electron chi connectivity index (χ3n) is 7.25. The van der Waals surface area contributed by atoms with Crippen LogP contribution >= 0.6 is 0 Å². The third kappa shape index (κ3) is 4.49. The highest BCUT2D eigenvalue weighted by molar-refractivity contribution is 5.79. The Morgan fingerprint density at radius 3 is 2.44 bits per heavy atom. The molecule has 1 aliphatic heterocycles. The van der Waals surface area contributed by atoms with Gasteiger partial charge in [0.2, 0.25) is 0 Å². The van der Waals surface area contributed by atoms with Gasteiger partial charge in [-0.05, 0) is 57.6 Å². The van der Waals surface area contributed by atoms with Crippen LogP contribution in [-0.2, 0) is 9.53 Å². The van der Waals surface area contributed by atoms with Gasteiger partial charge in [-0.1, -0.05) is 0 Å². The number of hydrogen-bond acceptors (Lipinski definition) is 5. The zero-order valence-electron chi connectivity index (χ0n) is 19.1. The van der Waals surface area contributed by atoms with Crippen molar-refractivity contribution in [1.82, 2.24) is 15.0 Å². The fourth-order valence-electron chi connectivity index (χ4n) is 4.93. The van der Waals surface area contributed by atoms with Gasteiger partial charge in [-0.25, -0.2) is 18.7 Å². The SMILES string of the molecule is CC1(C(=O)O)CCC(OC2CCN(c3ccc(-c4nc5cc(F)c(F)cc5[nH]4)cn3)CC2)CC1. The zero-order valence-corrected chi connectivity index (χ0v) is 19.1. The van der Waals surface area contributed by atoms with Crippen LogP contribution in [0.4, 0.5) is 14.6 Å². The highest BCUT2D eigenvalue weighted by Crippen LogP contribution is 2.38. The van der Waals surface area contributed by atoms with Gasteiger partial charge in [-0.15, -0.1) is 0 Å². The number of H-pyrrole nitrogens is 1. The Morgan fingerprint density at radius 2 is 1.79 bits per heavy atom. The van der Waals surface area contributed by atoms with Gasteiger partial charge < -0.3 is 19.7 Å². The number of nitrogens with zero attached hydrogens (tertiary/aromatic N) is 3. The minimum absolute atomic E-state index is 0.146. The molecule has 2 fully saturated rings. The largest absolute Gasteiger partial charge is 0.481 e. The molecular formula is C25H28F2N4O3. The van der Waals surface area contributed by atoms with Gasteiger partial charge in [0, 0.05) is 37.0 Å². The van der Waals surface area contributed by atoms with Crippen molar-refractivity contribution in [2.24, 2.45) is 5.41 Å². The number of anilines is 1. The molecule has 2 aromatic heterocycles. The lowest BCUT2D eigenvalue weighted by Gasteiger charge is -2.38. The fraction of sp³-hybridized carbons (Fsp3) is 0.480. The fourth-order valence-corrected chi connectivity index (χ4v) is 4.93. The van der Waals surface area contributed by atoms with E-state index >= 15 is 0 Å². The molecule has 1 aliphatic carbocycles. The van der Waals surface area contributed by atoms with Gasteiger partial charge in [0.1, 0.15) is 11.6 Å². The summed E-state index contributed by atoms with van der Waals surface area (Å²) in [5, 5.41) is 9.39. The van der Waals surface area contributed by atoms with Crippen LogP contribution < -0.4 is 4.90 Å². The summed E-state index contributed by atoms with van der Waals surface area (Å²) in [6, 6.07) is 6.01. The monoisotopic (exact) mass is 470 g/mol. The number of pyridine rings is 1. The van der Waals surface area contributed by atoms with E-state index in [-0.39, 0.29) is 12.2 Å². The molecule has 0 atom stereocenters. The average Bonchev–Trinajstić information content (AvgIpc) is 3.24. The Balaban J connectivity index is 1.16. The summed E-state index contributed by atoms with van der Waals surface area (Å²) in [6.45, 7) is 3.50. The van der Waals surface area contributed by atoms with Crippen LogP contribution in [0.15, 0.2) is 30.5 Å². The quantitative estimate of drug-likeness (QED) is 0.550. The van der Waals surface area contributed by atoms with Crippen LogP contribution in [0.1, 0.15) is 45.4 Å². The number of carbonyl (C=O) groups is 1. The minimum atomic E-state index is -0.923. The Labute approximate surface area is 196 Å². The predicted molar refractivity (Wildman–Crippen MR) is 124 cm³/mol. The van der Waals surface area contributed by atoms with Gasteiger partial charge in [0.25, 0.3) is 0 Å². The lowest BCUT2D eigenvalue weighted by molar-refractivity contribution is -0.152. The van der Waals surface area contributed by atoms with E-state index in [1.807, 2.05) is 19.1 Å². The first-order valence-corrected chi connectivity index (χ1v) is 11.8. The lowest BCUT2D eigenvalue weighted by atomic mass is 9.75. The van der Waals surface area contributed by atoms with Crippen molar-refractivity contribution < 1.29 is 23.4 Å². The van der Waals surface area contributed by atoms with E-state index in [4.69, 9.17) is 4.74 Å². The number of carboxylic acids is 1. The normalized spacial score (nSPS) is 24.0. The molecule has 1 saturated carbocycles. The minimum Gasteiger partial charge on any atom is -0.481 e. The number of halogens is 2. The molecule has 180 valence electrons. The summed E-state index contributed by atoms with van der Waals surface area (Å²) >= 11 is 0. The van der Waals surface area contributed by atoms with Crippen LogP contribution in [-0.4, -0.2) is 51.3 Å². The smallest absolute Gasteiger partial charge is 0.309 e. The number of fused-ring (bicyclic) bond motifs is 1. The Morgan fingerprint density at radius 1 is 1.12 bits per heavy atom. The molecule has 2 N–H and O–H groups in total. The molecule has 1 aromatic carbocycles. The van der Waals surface area contributed by atoms with Crippen molar-refractivity contribution >= 4 is 22.8 Å². The molecule has 5 rings (SSSR count). The molecule has 2 aliphatic rings. The van der Waals surface area contributed by atoms with E-state index in [0.717, 1.165) is 62.3 Å². The molecule has 7 nitrogen and oxygen atoms in total. The number of benzene rings is 1. The molecule has 1 saturated heterocycles. The summed E-state index contributed by atoms with van der Waals surface area (Å²) in [5.74, 6) is -1.16. The van der Waals surface area contributed by atoms with Crippen molar-refractivity contribution in [3.05, 3.63) is 42.1 Å². The number of imidazole rings is 1. The summed E-state index contributed by atoms with van der Waals surface area (Å²) in [6.07, 6.45) is 6.77. The Kier molecular flexibility index (Phi) is 5.97. The van der Waals surface area contributed by atoms with E-state index in [0.29, 0.717) is 29.7 Å². The molecule has 34 heavy (non-hydrogen) atoms. The van der Waals surface area contributed by atoms with Crippen molar-refractivity contribution in [1.29, 1.82) is 0 Å². The van der Waals surface area contributed by atoms with Gasteiger partial charge >= 0.3 is 5.97 Å². The van der Waals surface area contributed by atoms with E-state index in [9.17, 15) is 18.7 Å². The van der Waals surface area contributed by atoms with E-state index in [2.05, 4.69) is 19.9 Å². The summed E-state index contributed by atoms with van der Waals surface area (Å²) in [4.78, 5) is 25.6. The first-order chi connectivity index (χ1) is 16.3. The maximum Gasteiger partial charge on any atom is 0.309 e. The maximum atomic E-state index is 13.5. The Bertz CT molecular complexity index is 1140. The first kappa shape index (κ1) is 22.7. The molecule has 0 bridgehead atoms. The topological polar surface area (TPSA) is 91.3 Å². The number of aliphatic carboxylic acids is 1. The van der Waals surface area contributed by atoms with Gasteiger partial charge in [-0.2, -0.15) is 0 Å².